The summed E-state index contributed by atoms with van der Waals surface area (Å²) in [5.74, 6) is -1.04. The second kappa shape index (κ2) is 6.96. The van der Waals surface area contributed by atoms with Crippen LogP contribution in [0.1, 0.15) is 17.5 Å². The van der Waals surface area contributed by atoms with Crippen LogP contribution < -0.4 is 10.6 Å². The summed E-state index contributed by atoms with van der Waals surface area (Å²) < 4.78 is 0. The second-order valence-electron chi connectivity index (χ2n) is 6.03. The molecule has 5 nitrogen and oxygen atoms in total. The lowest BCUT2D eigenvalue weighted by Crippen LogP contribution is -2.20. The van der Waals surface area contributed by atoms with Crippen LogP contribution in [0.15, 0.2) is 42.5 Å². The number of nitrogens with zero attached hydrogens (tertiary/aromatic N) is 1. The van der Waals surface area contributed by atoms with Crippen molar-refractivity contribution in [3.63, 3.8) is 0 Å². The smallest absolute Gasteiger partial charge is 0.228 e. The summed E-state index contributed by atoms with van der Waals surface area (Å²) in [5, 5.41) is 15.0. The fraction of sp³-hybridized carbons (Fsp3) is 0.211. The molecule has 0 bridgehead atoms. The molecule has 25 heavy (non-hydrogen) atoms. The molecule has 2 atom stereocenters. The molecule has 0 aromatic heterocycles. The highest BCUT2D eigenvalue weighted by Gasteiger charge is 2.48. The number of hydrogen-bond acceptors (Lipinski definition) is 3. The monoisotopic (exact) mass is 353 g/mol. The van der Waals surface area contributed by atoms with Gasteiger partial charge in [-0.25, -0.2) is 0 Å². The van der Waals surface area contributed by atoms with Crippen LogP contribution in [-0.2, 0) is 9.59 Å². The molecule has 2 aromatic rings. The number of carbonyl (C=O) groups excluding carboxylic acids is 2. The lowest BCUT2D eigenvalue weighted by atomic mass is 10.2. The summed E-state index contributed by atoms with van der Waals surface area (Å²) in [7, 11) is 0. The van der Waals surface area contributed by atoms with E-state index < -0.39 is 0 Å². The number of benzene rings is 2. The number of carbonyl (C=O) groups is 2. The summed E-state index contributed by atoms with van der Waals surface area (Å²) in [6.45, 7) is 1.83. The van der Waals surface area contributed by atoms with Gasteiger partial charge in [-0.2, -0.15) is 5.26 Å². The Morgan fingerprint density at radius 1 is 1.08 bits per heavy atom. The molecular formula is C19H16ClN3O2. The maximum Gasteiger partial charge on any atom is 0.228 e. The summed E-state index contributed by atoms with van der Waals surface area (Å²) in [4.78, 5) is 24.6. The molecule has 0 aliphatic heterocycles. The second-order valence-corrected chi connectivity index (χ2v) is 6.44. The Bertz CT molecular complexity index is 871. The van der Waals surface area contributed by atoms with Gasteiger partial charge in [0.2, 0.25) is 11.8 Å². The van der Waals surface area contributed by atoms with Crippen molar-refractivity contribution in [1.82, 2.24) is 0 Å². The van der Waals surface area contributed by atoms with Crippen LogP contribution in [0.2, 0.25) is 5.02 Å². The first-order valence-corrected chi connectivity index (χ1v) is 8.24. The lowest BCUT2D eigenvalue weighted by molar-refractivity contribution is -0.122. The third-order valence-corrected chi connectivity index (χ3v) is 4.68. The van der Waals surface area contributed by atoms with Crippen LogP contribution in [0.4, 0.5) is 11.4 Å². The van der Waals surface area contributed by atoms with E-state index in [4.69, 9.17) is 16.9 Å². The van der Waals surface area contributed by atoms with Gasteiger partial charge in [0.1, 0.15) is 0 Å². The number of nitriles is 1. The molecule has 2 aromatic carbocycles. The highest BCUT2D eigenvalue weighted by Crippen LogP contribution is 2.40. The van der Waals surface area contributed by atoms with E-state index in [1.165, 1.54) is 0 Å². The minimum absolute atomic E-state index is 0.176. The van der Waals surface area contributed by atoms with E-state index in [2.05, 4.69) is 10.6 Å². The number of hydrogen-bond donors (Lipinski definition) is 2. The van der Waals surface area contributed by atoms with Crippen LogP contribution in [0.5, 0.6) is 0 Å². The Morgan fingerprint density at radius 3 is 2.36 bits per heavy atom. The average Bonchev–Trinajstić information content (AvgIpc) is 3.40. The molecule has 2 N–H and O–H groups in total. The standard InChI is InChI=1S/C19H16ClN3O2/c1-11-16(20)3-2-4-17(11)23-19(25)15-9-14(15)18(24)22-13-7-5-12(10-21)6-8-13/h2-8,14-15H,9H2,1H3,(H,22,24)(H,23,25). The predicted octanol–water partition coefficient (Wildman–Crippen LogP) is 3.73. The Hall–Kier alpha value is -2.84. The summed E-state index contributed by atoms with van der Waals surface area (Å²) in [6, 6.07) is 13.9. The number of halogens is 1. The number of rotatable bonds is 4. The summed E-state index contributed by atoms with van der Waals surface area (Å²) in [5.41, 5.74) is 2.60. The zero-order chi connectivity index (χ0) is 18.0. The van der Waals surface area contributed by atoms with Crippen LogP contribution in [0, 0.1) is 30.1 Å². The molecule has 1 aliphatic carbocycles. The maximum absolute atomic E-state index is 12.3. The van der Waals surface area contributed by atoms with Crippen LogP contribution in [0.3, 0.4) is 0 Å². The predicted molar refractivity (Wildman–Crippen MR) is 96.2 cm³/mol. The molecule has 1 saturated carbocycles. The van der Waals surface area contributed by atoms with Gasteiger partial charge in [0.05, 0.1) is 23.5 Å². The SMILES string of the molecule is Cc1c(Cl)cccc1NC(=O)C1CC1C(=O)Nc1ccc(C#N)cc1. The molecule has 1 fully saturated rings. The molecule has 3 rings (SSSR count). The van der Waals surface area contributed by atoms with Crippen molar-refractivity contribution in [3.8, 4) is 6.07 Å². The van der Waals surface area contributed by atoms with E-state index in [1.807, 2.05) is 13.0 Å². The molecule has 6 heteroatoms. The molecule has 126 valence electrons. The van der Waals surface area contributed by atoms with E-state index in [0.717, 1.165) is 5.56 Å². The zero-order valence-electron chi connectivity index (χ0n) is 13.5. The van der Waals surface area contributed by atoms with Gasteiger partial charge in [-0.1, -0.05) is 17.7 Å². The molecular weight excluding hydrogens is 338 g/mol. The van der Waals surface area contributed by atoms with Crippen LogP contribution in [-0.4, -0.2) is 11.8 Å². The van der Waals surface area contributed by atoms with Gasteiger partial charge in [-0.05, 0) is 55.3 Å². The van der Waals surface area contributed by atoms with Gasteiger partial charge in [0.15, 0.2) is 0 Å². The Morgan fingerprint density at radius 2 is 1.72 bits per heavy atom. The van der Waals surface area contributed by atoms with Crippen molar-refractivity contribution < 1.29 is 9.59 Å². The van der Waals surface area contributed by atoms with Gasteiger partial charge in [0.25, 0.3) is 0 Å². The molecule has 2 unspecified atom stereocenters. The fourth-order valence-corrected chi connectivity index (χ4v) is 2.78. The Kier molecular flexibility index (Phi) is 4.73. The first-order valence-electron chi connectivity index (χ1n) is 7.86. The third-order valence-electron chi connectivity index (χ3n) is 4.27. The highest BCUT2D eigenvalue weighted by molar-refractivity contribution is 6.31. The number of anilines is 2. The third kappa shape index (κ3) is 3.81. The minimum Gasteiger partial charge on any atom is -0.326 e. The van der Waals surface area contributed by atoms with E-state index in [1.54, 1.807) is 42.5 Å². The molecule has 0 heterocycles. The summed E-state index contributed by atoms with van der Waals surface area (Å²) >= 11 is 6.05. The van der Waals surface area contributed by atoms with Crippen molar-refractivity contribution in [2.75, 3.05) is 10.6 Å². The van der Waals surface area contributed by atoms with Crippen LogP contribution >= 0.6 is 11.6 Å². The first-order chi connectivity index (χ1) is 12.0. The minimum atomic E-state index is -0.338. The molecule has 0 saturated heterocycles. The van der Waals surface area contributed by atoms with E-state index in [9.17, 15) is 9.59 Å². The average molecular weight is 354 g/mol. The molecule has 0 radical (unpaired) electrons. The van der Waals surface area contributed by atoms with Gasteiger partial charge in [-0.3, -0.25) is 9.59 Å². The normalized spacial score (nSPS) is 18.1. The van der Waals surface area contributed by atoms with Gasteiger partial charge in [0, 0.05) is 16.4 Å². The Balaban J connectivity index is 1.58. The lowest BCUT2D eigenvalue weighted by Gasteiger charge is -2.09. The van der Waals surface area contributed by atoms with Crippen molar-refractivity contribution in [2.24, 2.45) is 11.8 Å². The highest BCUT2D eigenvalue weighted by atomic mass is 35.5. The van der Waals surface area contributed by atoms with Gasteiger partial charge >= 0.3 is 0 Å². The van der Waals surface area contributed by atoms with E-state index >= 15 is 0 Å². The maximum atomic E-state index is 12.3. The van der Waals surface area contributed by atoms with Crippen molar-refractivity contribution in [2.45, 2.75) is 13.3 Å². The van der Waals surface area contributed by atoms with Crippen LogP contribution in [0.25, 0.3) is 0 Å². The topological polar surface area (TPSA) is 82.0 Å². The molecule has 1 aliphatic rings. The quantitative estimate of drug-likeness (QED) is 0.878. The summed E-state index contributed by atoms with van der Waals surface area (Å²) in [6.07, 6.45) is 0.521. The largest absolute Gasteiger partial charge is 0.326 e. The van der Waals surface area contributed by atoms with Crippen molar-refractivity contribution >= 4 is 34.8 Å². The molecule has 2 amide bonds. The van der Waals surface area contributed by atoms with Gasteiger partial charge < -0.3 is 10.6 Å². The van der Waals surface area contributed by atoms with E-state index in [0.29, 0.717) is 28.4 Å². The first kappa shape index (κ1) is 17.0. The number of amides is 2. The van der Waals surface area contributed by atoms with E-state index in [-0.39, 0.29) is 23.7 Å². The fourth-order valence-electron chi connectivity index (χ4n) is 2.61. The van der Waals surface area contributed by atoms with Crippen molar-refractivity contribution in [3.05, 3.63) is 58.6 Å². The molecule has 0 spiro atoms. The zero-order valence-corrected chi connectivity index (χ0v) is 14.3. The van der Waals surface area contributed by atoms with Gasteiger partial charge in [-0.15, -0.1) is 0 Å². The Labute approximate surface area is 150 Å². The number of nitrogens with one attached hydrogen (secondary N) is 2. The van der Waals surface area contributed by atoms with Crippen molar-refractivity contribution in [1.29, 1.82) is 5.26 Å².